The molecule has 0 saturated heterocycles. The first-order chi connectivity index (χ1) is 8.65. The van der Waals surface area contributed by atoms with Gasteiger partial charge < -0.3 is 24.8 Å². The zero-order valence-corrected chi connectivity index (χ0v) is 15.8. The molecule has 0 saturated carbocycles. The Labute approximate surface area is 147 Å². The molecule has 1 aromatic carbocycles. The molecule has 1 unspecified atom stereocenters. The van der Waals surface area contributed by atoms with E-state index in [0.717, 1.165) is 24.0 Å². The average Bonchev–Trinajstić information content (AvgIpc) is 2.69. The molecule has 0 aromatic heterocycles. The third-order valence-electron chi connectivity index (χ3n) is 3.11. The van der Waals surface area contributed by atoms with Crippen molar-refractivity contribution in [3.63, 3.8) is 0 Å². The van der Waals surface area contributed by atoms with E-state index in [1.54, 1.807) is 0 Å². The Morgan fingerprint density at radius 1 is 1.15 bits per heavy atom. The molecule has 6 heteroatoms. The maximum Gasteiger partial charge on any atom is -1.00 e. The predicted octanol–water partition coefficient (Wildman–Crippen LogP) is -1.56. The molecule has 1 aliphatic rings. The third kappa shape index (κ3) is 4.28. The van der Waals surface area contributed by atoms with E-state index in [9.17, 15) is 9.13 Å². The maximum absolute atomic E-state index is 11.4. The first-order valence-electron chi connectivity index (χ1n) is 6.03. The van der Waals surface area contributed by atoms with Gasteiger partial charge in [0.1, 0.15) is 0 Å². The van der Waals surface area contributed by atoms with Gasteiger partial charge in [0.25, 0.3) is 0 Å². The number of hydrogen-bond donors (Lipinski definition) is 0. The van der Waals surface area contributed by atoms with E-state index in [0.29, 0.717) is 11.2 Å². The molecule has 20 heavy (non-hydrogen) atoms. The van der Waals surface area contributed by atoms with Crippen LogP contribution in [0.4, 0.5) is 0 Å². The van der Waals surface area contributed by atoms with E-state index in [4.69, 9.17) is 0 Å². The van der Waals surface area contributed by atoms with Crippen LogP contribution in [-0.2, 0) is 33.8 Å². The van der Waals surface area contributed by atoms with Crippen molar-refractivity contribution in [1.29, 1.82) is 0 Å². The van der Waals surface area contributed by atoms with E-state index >= 15 is 0 Å². The normalized spacial score (nSPS) is 17.1. The van der Waals surface area contributed by atoms with Crippen molar-refractivity contribution in [3.8, 4) is 0 Å². The van der Waals surface area contributed by atoms with Crippen molar-refractivity contribution in [2.45, 2.75) is 19.8 Å². The summed E-state index contributed by atoms with van der Waals surface area (Å²) in [5, 5.41) is 0.515. The molecule has 0 fully saturated rings. The summed E-state index contributed by atoms with van der Waals surface area (Å²) in [5.41, 5.74) is 1.97. The van der Waals surface area contributed by atoms with Crippen LogP contribution in [0, 0.1) is 5.92 Å². The minimum Gasteiger partial charge on any atom is -1.00 e. The molecule has 0 amide bonds. The van der Waals surface area contributed by atoms with Gasteiger partial charge in [-0.2, -0.15) is 0 Å². The second-order valence-electron chi connectivity index (χ2n) is 4.36. The molecule has 0 heterocycles. The molecular formula is C14H14Cl2O2PZr. The summed E-state index contributed by atoms with van der Waals surface area (Å²) in [6.45, 7) is 2.13. The molecule has 105 valence electrons. The summed E-state index contributed by atoms with van der Waals surface area (Å²) in [7, 11) is -2.51. The summed E-state index contributed by atoms with van der Waals surface area (Å²) in [4.78, 5) is 0. The van der Waals surface area contributed by atoms with Gasteiger partial charge in [-0.3, -0.25) is 0 Å². The second kappa shape index (κ2) is 9.16. The van der Waals surface area contributed by atoms with Gasteiger partial charge in [-0.1, -0.05) is 0 Å². The fourth-order valence-electron chi connectivity index (χ4n) is 2.28. The van der Waals surface area contributed by atoms with Crippen molar-refractivity contribution in [1.82, 2.24) is 0 Å². The molecule has 0 radical (unpaired) electrons. The SMILES string of the molecule is CCCC1C=C(P(=O)=O)C(c2ccccc2)=[C]1[Zr+2].[Cl-].[Cl-]. The largest absolute Gasteiger partial charge is 1.00 e. The van der Waals surface area contributed by atoms with Crippen molar-refractivity contribution < 1.29 is 58.7 Å². The topological polar surface area (TPSA) is 34.1 Å². The van der Waals surface area contributed by atoms with Crippen LogP contribution in [0.2, 0.25) is 0 Å². The Morgan fingerprint density at radius 2 is 1.75 bits per heavy atom. The van der Waals surface area contributed by atoms with Gasteiger partial charge in [0.05, 0.1) is 0 Å². The standard InChI is InChI=1S/C14H14O2P.2ClH.Zr/c1-2-6-11-9-13(14(10-11)17(15)16)12-7-4-3-5-8-12;;;/h3-5,7-8,10-11H,2,6H2,1H3;2*1H;/q;;;+2/p-2. The van der Waals surface area contributed by atoms with Crippen LogP contribution >= 0.6 is 7.68 Å². The number of hydrogen-bond acceptors (Lipinski definition) is 2. The predicted molar refractivity (Wildman–Crippen MR) is 68.1 cm³/mol. The van der Waals surface area contributed by atoms with E-state index in [2.05, 4.69) is 6.92 Å². The fraction of sp³-hybridized carbons (Fsp3) is 0.286. The van der Waals surface area contributed by atoms with Gasteiger partial charge in [0.2, 0.25) is 0 Å². The van der Waals surface area contributed by atoms with Gasteiger partial charge >= 0.3 is 123 Å². The molecule has 1 aromatic rings. The van der Waals surface area contributed by atoms with Crippen LogP contribution in [0.25, 0.3) is 5.57 Å². The minimum absolute atomic E-state index is 0. The Hall–Kier alpha value is 0.0631. The fourth-order valence-corrected chi connectivity index (χ4v) is 4.52. The van der Waals surface area contributed by atoms with Gasteiger partial charge in [-0.15, -0.1) is 0 Å². The van der Waals surface area contributed by atoms with E-state index < -0.39 is 7.68 Å². The minimum atomic E-state index is -2.51. The Kier molecular flexibility index (Phi) is 9.19. The maximum atomic E-state index is 11.4. The summed E-state index contributed by atoms with van der Waals surface area (Å²) in [6, 6.07) is 9.83. The number of halogens is 2. The van der Waals surface area contributed by atoms with E-state index in [-0.39, 0.29) is 24.8 Å². The molecular weight excluding hydrogens is 393 g/mol. The third-order valence-corrected chi connectivity index (χ3v) is 5.41. The van der Waals surface area contributed by atoms with E-state index in [1.807, 2.05) is 36.4 Å². The quantitative estimate of drug-likeness (QED) is 0.566. The number of benzene rings is 1. The van der Waals surface area contributed by atoms with Crippen molar-refractivity contribution in [2.75, 3.05) is 0 Å². The van der Waals surface area contributed by atoms with Gasteiger partial charge in [-0.25, -0.2) is 0 Å². The zero-order chi connectivity index (χ0) is 13.1. The first-order valence-corrected chi connectivity index (χ1v) is 8.43. The Balaban J connectivity index is 0.00000180. The van der Waals surface area contributed by atoms with Crippen LogP contribution in [0.3, 0.4) is 0 Å². The summed E-state index contributed by atoms with van der Waals surface area (Å²) in [6.07, 6.45) is 4.04. The molecule has 1 atom stereocenters. The molecule has 2 nitrogen and oxygen atoms in total. The van der Waals surface area contributed by atoms with Crippen LogP contribution in [0.5, 0.6) is 0 Å². The Bertz CT molecular complexity index is 572. The second-order valence-corrected chi connectivity index (χ2v) is 6.68. The van der Waals surface area contributed by atoms with Crippen LogP contribution in [-0.4, -0.2) is 0 Å². The summed E-state index contributed by atoms with van der Waals surface area (Å²) in [5.74, 6) is 0.311. The molecule has 1 aliphatic carbocycles. The van der Waals surface area contributed by atoms with Gasteiger partial charge in [0.15, 0.2) is 0 Å². The molecule has 2 rings (SSSR count). The molecule has 0 aliphatic heterocycles. The number of rotatable bonds is 4. The monoisotopic (exact) mass is 405 g/mol. The van der Waals surface area contributed by atoms with Crippen molar-refractivity contribution in [3.05, 3.63) is 50.6 Å². The van der Waals surface area contributed by atoms with Crippen LogP contribution in [0.1, 0.15) is 25.3 Å². The Morgan fingerprint density at radius 3 is 2.25 bits per heavy atom. The summed E-state index contributed by atoms with van der Waals surface area (Å²) < 4.78 is 24.1. The molecule has 0 N–H and O–H groups in total. The summed E-state index contributed by atoms with van der Waals surface area (Å²) >= 11 is 1.31. The van der Waals surface area contributed by atoms with E-state index in [1.165, 1.54) is 28.0 Å². The van der Waals surface area contributed by atoms with Gasteiger partial charge in [0, 0.05) is 0 Å². The van der Waals surface area contributed by atoms with Crippen LogP contribution < -0.4 is 24.8 Å². The number of allylic oxidation sites excluding steroid dienone is 4. The smallest absolute Gasteiger partial charge is 1.00 e. The zero-order valence-electron chi connectivity index (χ0n) is 11.0. The van der Waals surface area contributed by atoms with Crippen molar-refractivity contribution >= 4 is 13.3 Å². The first kappa shape index (κ1) is 20.1. The van der Waals surface area contributed by atoms with Crippen LogP contribution in [0.15, 0.2) is 45.0 Å². The molecule has 0 spiro atoms. The van der Waals surface area contributed by atoms with Gasteiger partial charge in [-0.05, 0) is 0 Å². The average molecular weight is 407 g/mol. The molecule has 0 bridgehead atoms. The van der Waals surface area contributed by atoms with Crippen molar-refractivity contribution in [2.24, 2.45) is 5.92 Å².